The number of halogens is 1. The minimum atomic E-state index is -1.09. The average Bonchev–Trinajstić information content (AvgIpc) is 2.88. The lowest BCUT2D eigenvalue weighted by Crippen LogP contribution is -2.23. The summed E-state index contributed by atoms with van der Waals surface area (Å²) in [6.07, 6.45) is 1.38. The molecule has 20 heavy (non-hydrogen) atoms. The van der Waals surface area contributed by atoms with Crippen LogP contribution in [0.15, 0.2) is 30.5 Å². The third kappa shape index (κ3) is 3.61. The first-order chi connectivity index (χ1) is 9.56. The van der Waals surface area contributed by atoms with Crippen LogP contribution in [0.2, 0.25) is 0 Å². The van der Waals surface area contributed by atoms with Crippen molar-refractivity contribution in [3.05, 3.63) is 47.5 Å². The smallest absolute Gasteiger partial charge is 0.358 e. The Morgan fingerprint density at radius 1 is 1.45 bits per heavy atom. The number of nitrogens with zero attached hydrogens (tertiary/aromatic N) is 3. The Bertz CT molecular complexity index is 582. The van der Waals surface area contributed by atoms with Gasteiger partial charge in [0.25, 0.3) is 0 Å². The van der Waals surface area contributed by atoms with Crippen LogP contribution in [0.1, 0.15) is 29.0 Å². The number of aromatic nitrogens is 3. The molecule has 0 spiro atoms. The van der Waals surface area contributed by atoms with E-state index in [0.29, 0.717) is 13.1 Å². The molecule has 0 saturated heterocycles. The van der Waals surface area contributed by atoms with Gasteiger partial charge in [-0.1, -0.05) is 17.3 Å². The Morgan fingerprint density at radius 3 is 2.75 bits per heavy atom. The molecule has 2 N–H and O–H groups in total. The molecule has 0 amide bonds. The van der Waals surface area contributed by atoms with Gasteiger partial charge >= 0.3 is 5.97 Å². The number of benzene rings is 1. The summed E-state index contributed by atoms with van der Waals surface area (Å²) < 4.78 is 14.3. The highest BCUT2D eigenvalue weighted by Gasteiger charge is 2.08. The molecule has 0 fully saturated rings. The summed E-state index contributed by atoms with van der Waals surface area (Å²) in [5.41, 5.74) is 0.910. The monoisotopic (exact) mass is 278 g/mol. The van der Waals surface area contributed by atoms with Crippen molar-refractivity contribution in [2.75, 3.05) is 6.54 Å². The summed E-state index contributed by atoms with van der Waals surface area (Å²) in [5, 5.41) is 19.2. The summed E-state index contributed by atoms with van der Waals surface area (Å²) in [6, 6.07) is 6.36. The Balaban J connectivity index is 1.82. The van der Waals surface area contributed by atoms with Crippen LogP contribution in [0.3, 0.4) is 0 Å². The van der Waals surface area contributed by atoms with E-state index in [1.165, 1.54) is 23.0 Å². The van der Waals surface area contributed by atoms with Gasteiger partial charge in [-0.15, -0.1) is 5.10 Å². The van der Waals surface area contributed by atoms with Crippen LogP contribution in [0.4, 0.5) is 4.39 Å². The number of aromatic carboxylic acids is 1. The lowest BCUT2D eigenvalue weighted by molar-refractivity contribution is 0.0690. The topological polar surface area (TPSA) is 80.0 Å². The molecule has 1 aromatic heterocycles. The summed E-state index contributed by atoms with van der Waals surface area (Å²) in [4.78, 5) is 10.6. The van der Waals surface area contributed by atoms with Gasteiger partial charge < -0.3 is 10.4 Å². The first-order valence-electron chi connectivity index (χ1n) is 6.18. The summed E-state index contributed by atoms with van der Waals surface area (Å²) >= 11 is 0. The number of carbonyl (C=O) groups is 1. The number of carboxylic acids is 1. The standard InChI is InChI=1S/C13H15FN4O2/c1-9(10-2-4-11(14)5-3-10)15-6-7-18-8-12(13(19)20)16-17-18/h2-5,8-9,15H,6-7H2,1H3,(H,19,20)/t9-/m0/s1. The van der Waals surface area contributed by atoms with Crippen molar-refractivity contribution in [3.8, 4) is 0 Å². The summed E-state index contributed by atoms with van der Waals surface area (Å²) in [5.74, 6) is -1.35. The molecule has 6 nitrogen and oxygen atoms in total. The van der Waals surface area contributed by atoms with Crippen molar-refractivity contribution in [1.29, 1.82) is 0 Å². The maximum atomic E-state index is 12.8. The SMILES string of the molecule is C[C@H](NCCn1cc(C(=O)O)nn1)c1ccc(F)cc1. The van der Waals surface area contributed by atoms with Gasteiger partial charge in [0.15, 0.2) is 5.69 Å². The maximum absolute atomic E-state index is 12.8. The van der Waals surface area contributed by atoms with Crippen LogP contribution in [0.5, 0.6) is 0 Å². The van der Waals surface area contributed by atoms with Crippen molar-refractivity contribution in [3.63, 3.8) is 0 Å². The number of hydrogen-bond donors (Lipinski definition) is 2. The average molecular weight is 278 g/mol. The number of nitrogens with one attached hydrogen (secondary N) is 1. The van der Waals surface area contributed by atoms with E-state index in [4.69, 9.17) is 5.11 Å². The molecule has 0 aliphatic heterocycles. The Morgan fingerprint density at radius 2 is 2.15 bits per heavy atom. The molecule has 7 heteroatoms. The highest BCUT2D eigenvalue weighted by Crippen LogP contribution is 2.12. The molecule has 0 radical (unpaired) electrons. The van der Waals surface area contributed by atoms with Gasteiger partial charge in [0, 0.05) is 12.6 Å². The van der Waals surface area contributed by atoms with Crippen LogP contribution in [-0.4, -0.2) is 32.6 Å². The van der Waals surface area contributed by atoms with Crippen LogP contribution in [0.25, 0.3) is 0 Å². The Hall–Kier alpha value is -2.28. The van der Waals surface area contributed by atoms with Gasteiger partial charge in [-0.3, -0.25) is 4.68 Å². The molecule has 1 atom stereocenters. The van der Waals surface area contributed by atoms with E-state index in [1.807, 2.05) is 6.92 Å². The zero-order chi connectivity index (χ0) is 14.5. The van der Waals surface area contributed by atoms with Gasteiger partial charge in [-0.25, -0.2) is 9.18 Å². The molecule has 1 heterocycles. The fraction of sp³-hybridized carbons (Fsp3) is 0.308. The quantitative estimate of drug-likeness (QED) is 0.836. The summed E-state index contributed by atoms with van der Waals surface area (Å²) in [6.45, 7) is 3.07. The molecular formula is C13H15FN4O2. The van der Waals surface area contributed by atoms with E-state index in [2.05, 4.69) is 15.6 Å². The van der Waals surface area contributed by atoms with E-state index in [1.54, 1.807) is 12.1 Å². The fourth-order valence-electron chi connectivity index (χ4n) is 1.77. The Kier molecular flexibility index (Phi) is 4.41. The third-order valence-electron chi connectivity index (χ3n) is 2.92. The van der Waals surface area contributed by atoms with Crippen LogP contribution in [-0.2, 0) is 6.54 Å². The lowest BCUT2D eigenvalue weighted by atomic mass is 10.1. The molecule has 0 bridgehead atoms. The molecule has 106 valence electrons. The van der Waals surface area contributed by atoms with Gasteiger partial charge in [-0.05, 0) is 24.6 Å². The molecule has 1 aromatic carbocycles. The molecule has 0 saturated carbocycles. The number of rotatable bonds is 6. The highest BCUT2D eigenvalue weighted by molar-refractivity contribution is 5.84. The second-order valence-corrected chi connectivity index (χ2v) is 4.40. The lowest BCUT2D eigenvalue weighted by Gasteiger charge is -2.13. The predicted molar refractivity (Wildman–Crippen MR) is 69.8 cm³/mol. The molecule has 2 aromatic rings. The minimum Gasteiger partial charge on any atom is -0.476 e. The fourth-order valence-corrected chi connectivity index (χ4v) is 1.77. The van der Waals surface area contributed by atoms with Crippen molar-refractivity contribution in [2.45, 2.75) is 19.5 Å². The zero-order valence-corrected chi connectivity index (χ0v) is 11.0. The maximum Gasteiger partial charge on any atom is 0.358 e. The zero-order valence-electron chi connectivity index (χ0n) is 11.0. The van der Waals surface area contributed by atoms with Gasteiger partial charge in [0.2, 0.25) is 0 Å². The van der Waals surface area contributed by atoms with Crippen LogP contribution in [0, 0.1) is 5.82 Å². The van der Waals surface area contributed by atoms with Gasteiger partial charge in [-0.2, -0.15) is 0 Å². The molecule has 2 rings (SSSR count). The number of hydrogen-bond acceptors (Lipinski definition) is 4. The highest BCUT2D eigenvalue weighted by atomic mass is 19.1. The van der Waals surface area contributed by atoms with E-state index in [9.17, 15) is 9.18 Å². The third-order valence-corrected chi connectivity index (χ3v) is 2.92. The largest absolute Gasteiger partial charge is 0.476 e. The molecule has 0 unspecified atom stereocenters. The normalized spacial score (nSPS) is 12.3. The second-order valence-electron chi connectivity index (χ2n) is 4.40. The van der Waals surface area contributed by atoms with E-state index >= 15 is 0 Å². The molecular weight excluding hydrogens is 263 g/mol. The van der Waals surface area contributed by atoms with E-state index in [-0.39, 0.29) is 17.6 Å². The van der Waals surface area contributed by atoms with Crippen molar-refractivity contribution < 1.29 is 14.3 Å². The molecule has 0 aliphatic carbocycles. The first-order valence-corrected chi connectivity index (χ1v) is 6.18. The van der Waals surface area contributed by atoms with Crippen LogP contribution < -0.4 is 5.32 Å². The van der Waals surface area contributed by atoms with Crippen molar-refractivity contribution in [1.82, 2.24) is 20.3 Å². The van der Waals surface area contributed by atoms with Crippen molar-refractivity contribution >= 4 is 5.97 Å². The predicted octanol–water partition coefficient (Wildman–Crippen LogP) is 1.47. The molecule has 0 aliphatic rings. The Labute approximate surface area is 115 Å². The van der Waals surface area contributed by atoms with E-state index in [0.717, 1.165) is 5.56 Å². The second kappa shape index (κ2) is 6.25. The summed E-state index contributed by atoms with van der Waals surface area (Å²) in [7, 11) is 0. The van der Waals surface area contributed by atoms with Crippen LogP contribution >= 0.6 is 0 Å². The van der Waals surface area contributed by atoms with Crippen molar-refractivity contribution in [2.24, 2.45) is 0 Å². The van der Waals surface area contributed by atoms with E-state index < -0.39 is 5.97 Å². The number of carboxylic acid groups (broad SMARTS) is 1. The van der Waals surface area contributed by atoms with Gasteiger partial charge in [0.05, 0.1) is 12.7 Å². The minimum absolute atomic E-state index is 0.0677. The van der Waals surface area contributed by atoms with Gasteiger partial charge in [0.1, 0.15) is 5.82 Å². The first kappa shape index (κ1) is 14.1.